The second-order valence-electron chi connectivity index (χ2n) is 5.26. The Morgan fingerprint density at radius 3 is 2.55 bits per heavy atom. The van der Waals surface area contributed by atoms with E-state index in [1.54, 1.807) is 4.90 Å². The normalized spacial score (nSPS) is 22.6. The van der Waals surface area contributed by atoms with Crippen LogP contribution in [0.5, 0.6) is 0 Å². The molecule has 5 heteroatoms. The van der Waals surface area contributed by atoms with Gasteiger partial charge < -0.3 is 10.6 Å². The Bertz CT molecular complexity index is 485. The van der Waals surface area contributed by atoms with Crippen molar-refractivity contribution in [3.05, 3.63) is 35.4 Å². The smallest absolute Gasteiger partial charge is 0.257 e. The van der Waals surface area contributed by atoms with Crippen molar-refractivity contribution in [2.45, 2.75) is 44.7 Å². The topological polar surface area (TPSA) is 46.3 Å². The first-order valence-electron chi connectivity index (χ1n) is 7.05. The van der Waals surface area contributed by atoms with E-state index in [2.05, 4.69) is 0 Å². The summed E-state index contributed by atoms with van der Waals surface area (Å²) >= 11 is 0. The minimum atomic E-state index is -1.07. The van der Waals surface area contributed by atoms with Gasteiger partial charge in [-0.25, -0.2) is 8.78 Å². The van der Waals surface area contributed by atoms with E-state index in [-0.39, 0.29) is 17.6 Å². The molecule has 1 amide bonds. The lowest BCUT2D eigenvalue weighted by Gasteiger charge is -2.35. The van der Waals surface area contributed by atoms with Crippen molar-refractivity contribution >= 4 is 5.91 Å². The standard InChI is InChI=1S/C15H20F2N2O/c1-2-19(11-8-6-10(18)7-9-11)15(20)12-4-3-5-13(16)14(12)17/h3-5,10-11H,2,6-9,18H2,1H3. The lowest BCUT2D eigenvalue weighted by atomic mass is 9.90. The molecule has 110 valence electrons. The molecular weight excluding hydrogens is 262 g/mol. The highest BCUT2D eigenvalue weighted by Crippen LogP contribution is 2.24. The van der Waals surface area contributed by atoms with Gasteiger partial charge in [-0.15, -0.1) is 0 Å². The van der Waals surface area contributed by atoms with Gasteiger partial charge in [-0.3, -0.25) is 4.79 Å². The minimum absolute atomic E-state index is 0.0648. The first-order chi connectivity index (χ1) is 9.54. The number of rotatable bonds is 3. The summed E-state index contributed by atoms with van der Waals surface area (Å²) in [4.78, 5) is 14.0. The summed E-state index contributed by atoms with van der Waals surface area (Å²) in [5, 5.41) is 0. The zero-order valence-corrected chi connectivity index (χ0v) is 11.6. The predicted octanol–water partition coefficient (Wildman–Crippen LogP) is 2.70. The average molecular weight is 282 g/mol. The molecule has 0 aliphatic heterocycles. The maximum atomic E-state index is 13.7. The highest BCUT2D eigenvalue weighted by atomic mass is 19.2. The molecule has 0 bridgehead atoms. The number of nitrogens with zero attached hydrogens (tertiary/aromatic N) is 1. The van der Waals surface area contributed by atoms with Gasteiger partial charge in [0.2, 0.25) is 0 Å². The molecule has 0 atom stereocenters. The fourth-order valence-electron chi connectivity index (χ4n) is 2.80. The molecule has 2 N–H and O–H groups in total. The van der Waals surface area contributed by atoms with Crippen LogP contribution in [0, 0.1) is 11.6 Å². The first kappa shape index (κ1) is 14.9. The first-order valence-corrected chi connectivity index (χ1v) is 7.05. The van der Waals surface area contributed by atoms with Crippen LogP contribution in [-0.2, 0) is 0 Å². The molecule has 0 unspecified atom stereocenters. The van der Waals surface area contributed by atoms with E-state index in [4.69, 9.17) is 5.73 Å². The van der Waals surface area contributed by atoms with Crippen LogP contribution >= 0.6 is 0 Å². The van der Waals surface area contributed by atoms with Crippen LogP contribution in [0.1, 0.15) is 43.0 Å². The van der Waals surface area contributed by atoms with Crippen molar-refractivity contribution < 1.29 is 13.6 Å². The van der Waals surface area contributed by atoms with Crippen molar-refractivity contribution in [2.24, 2.45) is 5.73 Å². The quantitative estimate of drug-likeness (QED) is 0.926. The van der Waals surface area contributed by atoms with Crippen molar-refractivity contribution in [3.63, 3.8) is 0 Å². The highest BCUT2D eigenvalue weighted by Gasteiger charge is 2.29. The van der Waals surface area contributed by atoms with Crippen molar-refractivity contribution in [1.82, 2.24) is 4.90 Å². The van der Waals surface area contributed by atoms with Crippen LogP contribution in [0.2, 0.25) is 0 Å². The second-order valence-corrected chi connectivity index (χ2v) is 5.26. The van der Waals surface area contributed by atoms with Crippen molar-refractivity contribution in [1.29, 1.82) is 0 Å². The predicted molar refractivity (Wildman–Crippen MR) is 73.3 cm³/mol. The van der Waals surface area contributed by atoms with Crippen LogP contribution in [0.25, 0.3) is 0 Å². The van der Waals surface area contributed by atoms with Gasteiger partial charge in [0.25, 0.3) is 5.91 Å². The summed E-state index contributed by atoms with van der Waals surface area (Å²) in [6, 6.07) is 3.96. The Balaban J connectivity index is 2.19. The zero-order valence-electron chi connectivity index (χ0n) is 11.6. The van der Waals surface area contributed by atoms with Crippen LogP contribution in [-0.4, -0.2) is 29.4 Å². The maximum absolute atomic E-state index is 13.7. The number of hydrogen-bond donors (Lipinski definition) is 1. The molecule has 1 aliphatic rings. The third kappa shape index (κ3) is 2.98. The van der Waals surface area contributed by atoms with Gasteiger partial charge >= 0.3 is 0 Å². The van der Waals surface area contributed by atoms with Crippen molar-refractivity contribution in [3.8, 4) is 0 Å². The summed E-state index contributed by atoms with van der Waals surface area (Å²) in [6.07, 6.45) is 3.36. The maximum Gasteiger partial charge on any atom is 0.257 e. The average Bonchev–Trinajstić information content (AvgIpc) is 2.44. The third-order valence-electron chi connectivity index (χ3n) is 3.97. The summed E-state index contributed by atoms with van der Waals surface area (Å²) in [6.45, 7) is 2.33. The van der Waals surface area contributed by atoms with Crippen molar-refractivity contribution in [2.75, 3.05) is 6.54 Å². The second kappa shape index (κ2) is 6.31. The monoisotopic (exact) mass is 282 g/mol. The van der Waals surface area contributed by atoms with Gasteiger partial charge in [-0.05, 0) is 44.7 Å². The summed E-state index contributed by atoms with van der Waals surface area (Å²) in [5.74, 6) is -2.49. The van der Waals surface area contributed by atoms with E-state index in [0.717, 1.165) is 31.7 Å². The Hall–Kier alpha value is -1.49. The number of halogens is 2. The number of benzene rings is 1. The van der Waals surface area contributed by atoms with Crippen LogP contribution in [0.3, 0.4) is 0 Å². The number of hydrogen-bond acceptors (Lipinski definition) is 2. The number of carbonyl (C=O) groups is 1. The molecule has 1 fully saturated rings. The molecule has 0 radical (unpaired) electrons. The van der Waals surface area contributed by atoms with Gasteiger partial charge in [0, 0.05) is 18.6 Å². The molecule has 1 aromatic carbocycles. The van der Waals surface area contributed by atoms with Gasteiger partial charge in [0.15, 0.2) is 11.6 Å². The summed E-state index contributed by atoms with van der Waals surface area (Å²) < 4.78 is 27.0. The Kier molecular flexibility index (Phi) is 4.70. The fraction of sp³-hybridized carbons (Fsp3) is 0.533. The van der Waals surface area contributed by atoms with Gasteiger partial charge in [0.1, 0.15) is 0 Å². The van der Waals surface area contributed by atoms with E-state index in [1.165, 1.54) is 12.1 Å². The highest BCUT2D eigenvalue weighted by molar-refractivity contribution is 5.94. The van der Waals surface area contributed by atoms with Crippen LogP contribution < -0.4 is 5.73 Å². The number of carbonyl (C=O) groups excluding carboxylic acids is 1. The van der Waals surface area contributed by atoms with Crippen LogP contribution in [0.4, 0.5) is 8.78 Å². The van der Waals surface area contributed by atoms with E-state index in [1.807, 2.05) is 6.92 Å². The van der Waals surface area contributed by atoms with E-state index < -0.39 is 17.5 Å². The molecule has 3 nitrogen and oxygen atoms in total. The lowest BCUT2D eigenvalue weighted by molar-refractivity contribution is 0.0635. The largest absolute Gasteiger partial charge is 0.336 e. The van der Waals surface area contributed by atoms with Gasteiger partial charge in [-0.2, -0.15) is 0 Å². The molecular formula is C15H20F2N2O. The number of nitrogens with two attached hydrogens (primary N) is 1. The molecule has 2 rings (SSSR count). The molecule has 1 aliphatic carbocycles. The molecule has 1 aromatic rings. The molecule has 0 saturated heterocycles. The molecule has 0 spiro atoms. The molecule has 0 aromatic heterocycles. The molecule has 0 heterocycles. The lowest BCUT2D eigenvalue weighted by Crippen LogP contribution is -2.44. The fourth-order valence-corrected chi connectivity index (χ4v) is 2.80. The Labute approximate surface area is 117 Å². The summed E-state index contributed by atoms with van der Waals surface area (Å²) in [5.41, 5.74) is 5.66. The number of amides is 1. The molecule has 1 saturated carbocycles. The Morgan fingerprint density at radius 1 is 1.30 bits per heavy atom. The van der Waals surface area contributed by atoms with Crippen LogP contribution in [0.15, 0.2) is 18.2 Å². The van der Waals surface area contributed by atoms with Gasteiger partial charge in [0.05, 0.1) is 5.56 Å². The molecule has 20 heavy (non-hydrogen) atoms. The van der Waals surface area contributed by atoms with E-state index in [9.17, 15) is 13.6 Å². The third-order valence-corrected chi connectivity index (χ3v) is 3.97. The SMILES string of the molecule is CCN(C(=O)c1cccc(F)c1F)C1CCC(N)CC1. The summed E-state index contributed by atoms with van der Waals surface area (Å²) in [7, 11) is 0. The van der Waals surface area contributed by atoms with E-state index in [0.29, 0.717) is 6.54 Å². The van der Waals surface area contributed by atoms with Gasteiger partial charge in [-0.1, -0.05) is 6.07 Å². The van der Waals surface area contributed by atoms with E-state index >= 15 is 0 Å². The minimum Gasteiger partial charge on any atom is -0.336 e. The Morgan fingerprint density at radius 2 is 1.95 bits per heavy atom. The zero-order chi connectivity index (χ0) is 14.7.